The molecule has 4 aromatic rings. The Balaban J connectivity index is 1.64. The van der Waals surface area contributed by atoms with Crippen molar-refractivity contribution < 1.29 is 9.18 Å². The number of aromatic nitrogens is 4. The van der Waals surface area contributed by atoms with Crippen LogP contribution in [0.3, 0.4) is 0 Å². The van der Waals surface area contributed by atoms with Crippen molar-refractivity contribution in [2.45, 2.75) is 0 Å². The van der Waals surface area contributed by atoms with Gasteiger partial charge in [-0.05, 0) is 17.7 Å². The molecule has 10 heteroatoms. The number of benzene rings is 2. The van der Waals surface area contributed by atoms with E-state index in [4.69, 9.17) is 28.9 Å². The molecule has 150 valence electrons. The third kappa shape index (κ3) is 3.70. The van der Waals surface area contributed by atoms with Crippen molar-refractivity contribution in [1.82, 2.24) is 20.0 Å². The number of nitrogens with two attached hydrogens (primary N) is 1. The van der Waals surface area contributed by atoms with Crippen molar-refractivity contribution in [2.75, 3.05) is 11.1 Å². The summed E-state index contributed by atoms with van der Waals surface area (Å²) in [5.41, 5.74) is 6.45. The van der Waals surface area contributed by atoms with Gasteiger partial charge in [-0.3, -0.25) is 4.79 Å². The number of hydrogen-bond acceptors (Lipinski definition) is 5. The van der Waals surface area contributed by atoms with Crippen LogP contribution < -0.4 is 11.1 Å². The Hall–Kier alpha value is -3.49. The number of pyridine rings is 1. The van der Waals surface area contributed by atoms with E-state index in [1.807, 2.05) is 0 Å². The topological polar surface area (TPSA) is 98.7 Å². The summed E-state index contributed by atoms with van der Waals surface area (Å²) in [6.45, 7) is 0. The molecule has 0 saturated carbocycles. The summed E-state index contributed by atoms with van der Waals surface area (Å²) in [5.74, 6) is -1.14. The average Bonchev–Trinajstić information content (AvgIpc) is 3.26. The summed E-state index contributed by atoms with van der Waals surface area (Å²) >= 11 is 12.5. The van der Waals surface area contributed by atoms with Gasteiger partial charge in [0.25, 0.3) is 5.91 Å². The molecule has 0 unspecified atom stereocenters. The van der Waals surface area contributed by atoms with Crippen molar-refractivity contribution in [3.8, 4) is 16.9 Å². The minimum atomic E-state index is -0.730. The highest BCUT2D eigenvalue weighted by Crippen LogP contribution is 2.34. The van der Waals surface area contributed by atoms with Crippen LogP contribution in [0.5, 0.6) is 0 Å². The number of carbonyl (C=O) groups excluding carboxylic acids is 1. The normalized spacial score (nSPS) is 10.8. The Kier molecular flexibility index (Phi) is 5.35. The highest BCUT2D eigenvalue weighted by atomic mass is 35.5. The van der Waals surface area contributed by atoms with Crippen molar-refractivity contribution in [3.05, 3.63) is 82.5 Å². The minimum absolute atomic E-state index is 0.0154. The van der Waals surface area contributed by atoms with Crippen LogP contribution in [0.4, 0.5) is 15.8 Å². The van der Waals surface area contributed by atoms with Crippen LogP contribution in [0.1, 0.15) is 10.4 Å². The van der Waals surface area contributed by atoms with Gasteiger partial charge in [-0.2, -0.15) is 10.2 Å². The zero-order valence-corrected chi connectivity index (χ0v) is 16.7. The molecule has 0 radical (unpaired) electrons. The fourth-order valence-electron chi connectivity index (χ4n) is 2.87. The van der Waals surface area contributed by atoms with Crippen molar-refractivity contribution in [3.63, 3.8) is 0 Å². The Bertz CT molecular complexity index is 1230. The van der Waals surface area contributed by atoms with Crippen LogP contribution in [0.25, 0.3) is 16.9 Å². The van der Waals surface area contributed by atoms with Crippen LogP contribution in [0.2, 0.25) is 10.0 Å². The predicted molar refractivity (Wildman–Crippen MR) is 113 cm³/mol. The van der Waals surface area contributed by atoms with Crippen molar-refractivity contribution >= 4 is 40.5 Å². The minimum Gasteiger partial charge on any atom is -0.396 e. The molecule has 0 atom stereocenters. The molecule has 3 N–H and O–H groups in total. The number of nitrogens with one attached hydrogen (secondary N) is 1. The van der Waals surface area contributed by atoms with E-state index in [0.717, 1.165) is 0 Å². The summed E-state index contributed by atoms with van der Waals surface area (Å²) in [5, 5.41) is 10.7. The Labute approximate surface area is 180 Å². The Morgan fingerprint density at radius 2 is 1.77 bits per heavy atom. The van der Waals surface area contributed by atoms with E-state index in [-0.39, 0.29) is 38.4 Å². The molecule has 2 aromatic heterocycles. The molecule has 0 bridgehead atoms. The largest absolute Gasteiger partial charge is 0.396 e. The van der Waals surface area contributed by atoms with E-state index in [1.54, 1.807) is 30.3 Å². The zero-order valence-electron chi connectivity index (χ0n) is 15.2. The SMILES string of the molecule is Nc1c(F)c(-c2ccccc2)cc(Cl)c1C(=O)Nc1cnc(-n2nccn2)c(Cl)c1. The highest BCUT2D eigenvalue weighted by Gasteiger charge is 2.22. The average molecular weight is 443 g/mol. The molecular formula is C20H13Cl2FN6O. The van der Waals surface area contributed by atoms with Gasteiger partial charge in [0.15, 0.2) is 11.6 Å². The highest BCUT2D eigenvalue weighted by molar-refractivity contribution is 6.36. The first-order valence-electron chi connectivity index (χ1n) is 8.62. The fourth-order valence-corrected chi connectivity index (χ4v) is 3.41. The molecule has 0 aliphatic rings. The number of rotatable bonds is 4. The molecule has 0 aliphatic heterocycles. The van der Waals surface area contributed by atoms with E-state index < -0.39 is 11.7 Å². The third-order valence-electron chi connectivity index (χ3n) is 4.25. The fraction of sp³-hybridized carbons (Fsp3) is 0. The second-order valence-corrected chi connectivity index (χ2v) is 6.99. The third-order valence-corrected chi connectivity index (χ3v) is 4.83. The van der Waals surface area contributed by atoms with Crippen LogP contribution in [0.15, 0.2) is 61.1 Å². The summed E-state index contributed by atoms with van der Waals surface area (Å²) in [6, 6.07) is 11.6. The first-order valence-corrected chi connectivity index (χ1v) is 9.37. The summed E-state index contributed by atoms with van der Waals surface area (Å²) < 4.78 is 14.9. The summed E-state index contributed by atoms with van der Waals surface area (Å²) in [7, 11) is 0. The van der Waals surface area contributed by atoms with E-state index >= 15 is 0 Å². The number of hydrogen-bond donors (Lipinski definition) is 2. The molecule has 0 fully saturated rings. The van der Waals surface area contributed by atoms with Gasteiger partial charge in [-0.25, -0.2) is 9.37 Å². The van der Waals surface area contributed by atoms with Gasteiger partial charge in [0, 0.05) is 5.56 Å². The number of halogens is 3. The molecule has 1 amide bonds. The smallest absolute Gasteiger partial charge is 0.259 e. The van der Waals surface area contributed by atoms with E-state index in [0.29, 0.717) is 5.56 Å². The number of nitrogens with zero attached hydrogens (tertiary/aromatic N) is 4. The number of nitrogen functional groups attached to an aromatic ring is 1. The Morgan fingerprint density at radius 1 is 1.07 bits per heavy atom. The van der Waals surface area contributed by atoms with Gasteiger partial charge in [-0.15, -0.1) is 4.80 Å². The van der Waals surface area contributed by atoms with Gasteiger partial charge >= 0.3 is 0 Å². The molecule has 30 heavy (non-hydrogen) atoms. The van der Waals surface area contributed by atoms with Gasteiger partial charge in [0.1, 0.15) is 0 Å². The lowest BCUT2D eigenvalue weighted by Crippen LogP contribution is -2.16. The van der Waals surface area contributed by atoms with Crippen LogP contribution in [0, 0.1) is 5.82 Å². The number of carbonyl (C=O) groups is 1. The first kappa shape index (κ1) is 19.8. The van der Waals surface area contributed by atoms with Gasteiger partial charge < -0.3 is 11.1 Å². The van der Waals surface area contributed by atoms with E-state index in [2.05, 4.69) is 20.5 Å². The maximum atomic E-state index is 14.9. The van der Waals surface area contributed by atoms with E-state index in [9.17, 15) is 9.18 Å². The summed E-state index contributed by atoms with van der Waals surface area (Å²) in [4.78, 5) is 18.1. The quantitative estimate of drug-likeness (QED) is 0.449. The second-order valence-electron chi connectivity index (χ2n) is 6.18. The number of amides is 1. The lowest BCUT2D eigenvalue weighted by Gasteiger charge is -2.14. The predicted octanol–water partition coefficient (Wildman–Crippen LogP) is 4.61. The van der Waals surface area contributed by atoms with Crippen molar-refractivity contribution in [1.29, 1.82) is 0 Å². The lowest BCUT2D eigenvalue weighted by molar-refractivity contribution is 0.102. The standard InChI is InChI=1S/C20H13Cl2FN6O/c21-14-9-13(11-4-2-1-3-5-11)17(23)18(24)16(14)20(30)28-12-8-15(22)19(25-10-12)29-26-6-7-27-29/h1-10H,24H2,(H,28,30). The van der Waals surface area contributed by atoms with Crippen molar-refractivity contribution in [2.24, 2.45) is 0 Å². The van der Waals surface area contributed by atoms with Crippen LogP contribution >= 0.6 is 23.2 Å². The molecule has 4 rings (SSSR count). The maximum Gasteiger partial charge on any atom is 0.259 e. The molecule has 0 spiro atoms. The lowest BCUT2D eigenvalue weighted by atomic mass is 10.0. The van der Waals surface area contributed by atoms with Crippen LogP contribution in [-0.4, -0.2) is 25.9 Å². The van der Waals surface area contributed by atoms with Gasteiger partial charge in [0.05, 0.1) is 45.6 Å². The monoisotopic (exact) mass is 442 g/mol. The van der Waals surface area contributed by atoms with E-state index in [1.165, 1.54) is 35.5 Å². The Morgan fingerprint density at radius 3 is 2.43 bits per heavy atom. The maximum absolute atomic E-state index is 14.9. The van der Waals surface area contributed by atoms with Crippen LogP contribution in [-0.2, 0) is 0 Å². The molecule has 2 aromatic carbocycles. The number of anilines is 2. The second kappa shape index (κ2) is 8.10. The first-order chi connectivity index (χ1) is 14.5. The zero-order chi connectivity index (χ0) is 21.3. The van der Waals surface area contributed by atoms with Gasteiger partial charge in [0.2, 0.25) is 0 Å². The molecule has 0 aliphatic carbocycles. The molecule has 0 saturated heterocycles. The molecule has 7 nitrogen and oxygen atoms in total. The van der Waals surface area contributed by atoms with Gasteiger partial charge in [-0.1, -0.05) is 53.5 Å². The molecular weight excluding hydrogens is 430 g/mol. The molecule has 2 heterocycles. The summed E-state index contributed by atoms with van der Waals surface area (Å²) in [6.07, 6.45) is 4.32.